The number of hydrogen-bond donors (Lipinski definition) is 2. The van der Waals surface area contributed by atoms with Crippen molar-refractivity contribution in [1.29, 1.82) is 0 Å². The number of hydrazine groups is 1. The molecule has 0 bridgehead atoms. The Morgan fingerprint density at radius 1 is 1.44 bits per heavy atom. The highest BCUT2D eigenvalue weighted by Gasteiger charge is 2.27. The second kappa shape index (κ2) is 5.32. The van der Waals surface area contributed by atoms with E-state index >= 15 is 0 Å². The van der Waals surface area contributed by atoms with Crippen LogP contribution in [-0.4, -0.2) is 12.5 Å². The average Bonchev–Trinajstić information content (AvgIpc) is 2.27. The minimum Gasteiger partial charge on any atom is -0.492 e. The highest BCUT2D eigenvalue weighted by Crippen LogP contribution is 2.20. The Labute approximate surface area is 103 Å². The number of nitrogens with two attached hydrogens (primary N) is 1. The van der Waals surface area contributed by atoms with Crippen LogP contribution in [0.25, 0.3) is 0 Å². The molecular weight excluding hydrogens is 272 g/mol. The normalized spacial score (nSPS) is 11.0. The first kappa shape index (κ1) is 13.0. The zero-order chi connectivity index (χ0) is 12.2. The molecule has 0 aromatic heterocycles. The minimum absolute atomic E-state index is 0.246. The lowest BCUT2D eigenvalue weighted by molar-refractivity contribution is -0.130. The molecule has 0 saturated carbocycles. The van der Waals surface area contributed by atoms with Crippen LogP contribution in [-0.2, 0) is 4.79 Å². The third-order valence-electron chi connectivity index (χ3n) is 2.16. The van der Waals surface area contributed by atoms with E-state index in [-0.39, 0.29) is 12.5 Å². The van der Waals surface area contributed by atoms with Crippen LogP contribution in [0.5, 0.6) is 5.75 Å². The maximum atomic E-state index is 11.4. The number of amides is 1. The van der Waals surface area contributed by atoms with E-state index in [1.165, 1.54) is 0 Å². The van der Waals surface area contributed by atoms with E-state index in [1.807, 2.05) is 24.3 Å². The van der Waals surface area contributed by atoms with Crippen molar-refractivity contribution in [2.45, 2.75) is 13.8 Å². The number of benzene rings is 1. The molecule has 1 rings (SSSR count). The lowest BCUT2D eigenvalue weighted by Crippen LogP contribution is -2.44. The molecule has 0 spiro atoms. The average molecular weight is 287 g/mol. The van der Waals surface area contributed by atoms with Crippen molar-refractivity contribution in [2.24, 2.45) is 11.3 Å². The number of ether oxygens (including phenoxy) is 1. The van der Waals surface area contributed by atoms with Gasteiger partial charge in [0.25, 0.3) is 0 Å². The molecule has 0 saturated heterocycles. The van der Waals surface area contributed by atoms with Gasteiger partial charge in [0.05, 0.1) is 5.41 Å². The van der Waals surface area contributed by atoms with Gasteiger partial charge in [0, 0.05) is 4.47 Å². The van der Waals surface area contributed by atoms with E-state index in [9.17, 15) is 4.79 Å². The quantitative estimate of drug-likeness (QED) is 0.504. The highest BCUT2D eigenvalue weighted by molar-refractivity contribution is 9.10. The van der Waals surface area contributed by atoms with Crippen molar-refractivity contribution in [3.05, 3.63) is 28.7 Å². The van der Waals surface area contributed by atoms with Gasteiger partial charge in [-0.3, -0.25) is 10.2 Å². The lowest BCUT2D eigenvalue weighted by atomic mass is 9.94. The number of nitrogens with one attached hydrogen (secondary N) is 1. The van der Waals surface area contributed by atoms with Crippen molar-refractivity contribution < 1.29 is 9.53 Å². The molecule has 0 heterocycles. The molecule has 1 aromatic carbocycles. The Bertz CT molecular complexity index is 363. The second-order valence-corrected chi connectivity index (χ2v) is 5.02. The summed E-state index contributed by atoms with van der Waals surface area (Å²) < 4.78 is 6.50. The number of carbonyl (C=O) groups excluding carboxylic acids is 1. The first-order valence-electron chi connectivity index (χ1n) is 4.85. The number of rotatable bonds is 4. The topological polar surface area (TPSA) is 64.3 Å². The van der Waals surface area contributed by atoms with Crippen molar-refractivity contribution in [3.63, 3.8) is 0 Å². The summed E-state index contributed by atoms with van der Waals surface area (Å²) in [6.07, 6.45) is 0. The van der Waals surface area contributed by atoms with Crippen LogP contribution >= 0.6 is 15.9 Å². The Morgan fingerprint density at radius 2 is 2.00 bits per heavy atom. The molecule has 0 aliphatic rings. The van der Waals surface area contributed by atoms with Crippen LogP contribution in [0.3, 0.4) is 0 Å². The monoisotopic (exact) mass is 286 g/mol. The van der Waals surface area contributed by atoms with Gasteiger partial charge in [0.1, 0.15) is 12.4 Å². The van der Waals surface area contributed by atoms with E-state index < -0.39 is 5.41 Å². The molecule has 0 aliphatic carbocycles. The van der Waals surface area contributed by atoms with Crippen molar-refractivity contribution in [2.75, 3.05) is 6.61 Å². The third-order valence-corrected chi connectivity index (χ3v) is 2.69. The summed E-state index contributed by atoms with van der Waals surface area (Å²) in [6, 6.07) is 7.43. The molecule has 16 heavy (non-hydrogen) atoms. The molecule has 5 heteroatoms. The van der Waals surface area contributed by atoms with Crippen molar-refractivity contribution >= 4 is 21.8 Å². The SMILES string of the molecule is CC(C)(COc1ccc(Br)cc1)C(=O)NN. The predicted octanol–water partition coefficient (Wildman–Crippen LogP) is 1.84. The fraction of sp³-hybridized carbons (Fsp3) is 0.364. The first-order valence-corrected chi connectivity index (χ1v) is 5.64. The zero-order valence-corrected chi connectivity index (χ0v) is 10.9. The highest BCUT2D eigenvalue weighted by atomic mass is 79.9. The summed E-state index contributed by atoms with van der Waals surface area (Å²) in [6.45, 7) is 3.82. The lowest BCUT2D eigenvalue weighted by Gasteiger charge is -2.22. The van der Waals surface area contributed by atoms with Gasteiger partial charge >= 0.3 is 0 Å². The summed E-state index contributed by atoms with van der Waals surface area (Å²) in [4.78, 5) is 11.4. The summed E-state index contributed by atoms with van der Waals surface area (Å²) >= 11 is 3.33. The first-order chi connectivity index (χ1) is 7.45. The number of carbonyl (C=O) groups is 1. The van der Waals surface area contributed by atoms with Crippen LogP contribution in [0, 0.1) is 5.41 Å². The molecule has 4 nitrogen and oxygen atoms in total. The third kappa shape index (κ3) is 3.50. The van der Waals surface area contributed by atoms with Crippen LogP contribution in [0.1, 0.15) is 13.8 Å². The van der Waals surface area contributed by atoms with Crippen molar-refractivity contribution in [1.82, 2.24) is 5.43 Å². The Kier molecular flexibility index (Phi) is 4.32. The fourth-order valence-electron chi connectivity index (χ4n) is 1.06. The maximum absolute atomic E-state index is 11.4. The van der Waals surface area contributed by atoms with E-state index in [2.05, 4.69) is 21.4 Å². The van der Waals surface area contributed by atoms with E-state index in [1.54, 1.807) is 13.8 Å². The molecular formula is C11H15BrN2O2. The minimum atomic E-state index is -0.651. The van der Waals surface area contributed by atoms with Crippen LogP contribution < -0.4 is 16.0 Å². The van der Waals surface area contributed by atoms with Gasteiger partial charge in [-0.05, 0) is 38.1 Å². The standard InChI is InChI=1S/C11H15BrN2O2/c1-11(2,10(15)14-13)7-16-9-5-3-8(12)4-6-9/h3-6H,7,13H2,1-2H3,(H,14,15). The molecule has 0 aliphatic heterocycles. The van der Waals surface area contributed by atoms with Gasteiger partial charge in [-0.15, -0.1) is 0 Å². The molecule has 3 N–H and O–H groups in total. The van der Waals surface area contributed by atoms with Crippen LogP contribution in [0.4, 0.5) is 0 Å². The van der Waals surface area contributed by atoms with Gasteiger partial charge in [0.2, 0.25) is 5.91 Å². The van der Waals surface area contributed by atoms with Gasteiger partial charge < -0.3 is 4.74 Å². The Hall–Kier alpha value is -1.07. The summed E-state index contributed by atoms with van der Waals surface area (Å²) in [5.74, 6) is 5.56. The zero-order valence-electron chi connectivity index (χ0n) is 9.29. The van der Waals surface area contributed by atoms with Gasteiger partial charge in [-0.25, -0.2) is 5.84 Å². The molecule has 88 valence electrons. The van der Waals surface area contributed by atoms with Crippen LogP contribution in [0.2, 0.25) is 0 Å². The molecule has 0 unspecified atom stereocenters. The molecule has 1 aromatic rings. The summed E-state index contributed by atoms with van der Waals surface area (Å²) in [5.41, 5.74) is 1.47. The fourth-order valence-corrected chi connectivity index (χ4v) is 1.32. The maximum Gasteiger partial charge on any atom is 0.242 e. The van der Waals surface area contributed by atoms with E-state index in [0.717, 1.165) is 10.2 Å². The number of halogens is 1. The Balaban J connectivity index is 2.57. The summed E-state index contributed by atoms with van der Waals surface area (Å²) in [7, 11) is 0. The predicted molar refractivity (Wildman–Crippen MR) is 65.7 cm³/mol. The number of hydrogen-bond acceptors (Lipinski definition) is 3. The molecule has 0 radical (unpaired) electrons. The van der Waals surface area contributed by atoms with Gasteiger partial charge in [0.15, 0.2) is 0 Å². The summed E-state index contributed by atoms with van der Waals surface area (Å²) in [5, 5.41) is 0. The van der Waals surface area contributed by atoms with Crippen molar-refractivity contribution in [3.8, 4) is 5.75 Å². The van der Waals surface area contributed by atoms with Crippen LogP contribution in [0.15, 0.2) is 28.7 Å². The van der Waals surface area contributed by atoms with E-state index in [0.29, 0.717) is 0 Å². The molecule has 1 amide bonds. The van der Waals surface area contributed by atoms with Gasteiger partial charge in [-0.2, -0.15) is 0 Å². The largest absolute Gasteiger partial charge is 0.492 e. The van der Waals surface area contributed by atoms with E-state index in [4.69, 9.17) is 10.6 Å². The Morgan fingerprint density at radius 3 is 2.50 bits per heavy atom. The second-order valence-electron chi connectivity index (χ2n) is 4.10. The molecule has 0 atom stereocenters. The van der Waals surface area contributed by atoms with Gasteiger partial charge in [-0.1, -0.05) is 15.9 Å². The molecule has 0 fully saturated rings. The smallest absolute Gasteiger partial charge is 0.242 e.